The molecule has 0 saturated carbocycles. The van der Waals surface area contributed by atoms with Crippen LogP contribution in [0.15, 0.2) is 40.5 Å². The molecule has 3 rings (SSSR count). The molecule has 0 aliphatic carbocycles. The van der Waals surface area contributed by atoms with Gasteiger partial charge in [-0.2, -0.15) is 0 Å². The van der Waals surface area contributed by atoms with Gasteiger partial charge >= 0.3 is 5.97 Å². The van der Waals surface area contributed by atoms with Gasteiger partial charge in [-0.15, -0.1) is 0 Å². The normalized spacial score (nSPS) is 10.9. The first-order valence-corrected chi connectivity index (χ1v) is 7.00. The van der Waals surface area contributed by atoms with E-state index in [9.17, 15) is 9.59 Å². The summed E-state index contributed by atoms with van der Waals surface area (Å²) in [7, 11) is 0. The van der Waals surface area contributed by atoms with E-state index in [1.54, 1.807) is 12.1 Å². The van der Waals surface area contributed by atoms with Crippen molar-refractivity contribution in [2.45, 2.75) is 10.9 Å². The standard InChI is InChI=1S/C13H10N4O3S/c18-11-9-10(15-6-14-9)16-13(17-11)21-5-7-2-1-3-8(4-7)12(19)20/h1-4,6H,5H2,(H,19,20)(H2,14,15,16,17,18). The molecule has 0 fully saturated rings. The Hall–Kier alpha value is -2.61. The number of H-pyrrole nitrogens is 2. The molecule has 0 atom stereocenters. The third kappa shape index (κ3) is 2.79. The van der Waals surface area contributed by atoms with Crippen molar-refractivity contribution in [3.8, 4) is 0 Å². The van der Waals surface area contributed by atoms with Crippen LogP contribution in [0.25, 0.3) is 11.2 Å². The zero-order valence-corrected chi connectivity index (χ0v) is 11.5. The first-order chi connectivity index (χ1) is 10.1. The van der Waals surface area contributed by atoms with Crippen molar-refractivity contribution in [3.63, 3.8) is 0 Å². The Labute approximate surface area is 122 Å². The van der Waals surface area contributed by atoms with E-state index in [2.05, 4.69) is 19.9 Å². The number of aromatic carboxylic acids is 1. The van der Waals surface area contributed by atoms with Gasteiger partial charge in [-0.05, 0) is 17.7 Å². The van der Waals surface area contributed by atoms with Crippen LogP contribution in [0.4, 0.5) is 0 Å². The number of rotatable bonds is 4. The molecule has 0 aliphatic heterocycles. The van der Waals surface area contributed by atoms with Gasteiger partial charge in [-0.1, -0.05) is 23.9 Å². The highest BCUT2D eigenvalue weighted by Gasteiger charge is 2.07. The van der Waals surface area contributed by atoms with E-state index in [-0.39, 0.29) is 11.1 Å². The van der Waals surface area contributed by atoms with Gasteiger partial charge in [0.1, 0.15) is 0 Å². The Morgan fingerprint density at radius 2 is 2.24 bits per heavy atom. The maximum absolute atomic E-state index is 11.8. The van der Waals surface area contributed by atoms with Gasteiger partial charge in [0.05, 0.1) is 11.9 Å². The summed E-state index contributed by atoms with van der Waals surface area (Å²) in [5, 5.41) is 9.39. The van der Waals surface area contributed by atoms with Crippen LogP contribution in [0.5, 0.6) is 0 Å². The maximum atomic E-state index is 11.8. The van der Waals surface area contributed by atoms with E-state index in [1.165, 1.54) is 24.2 Å². The lowest BCUT2D eigenvalue weighted by atomic mass is 10.1. The van der Waals surface area contributed by atoms with Crippen molar-refractivity contribution >= 4 is 28.9 Å². The molecular weight excluding hydrogens is 292 g/mol. The molecule has 3 N–H and O–H groups in total. The highest BCUT2D eigenvalue weighted by Crippen LogP contribution is 2.19. The van der Waals surface area contributed by atoms with Crippen LogP contribution < -0.4 is 5.56 Å². The summed E-state index contributed by atoms with van der Waals surface area (Å²) in [6, 6.07) is 6.64. The number of carboxylic acid groups (broad SMARTS) is 1. The van der Waals surface area contributed by atoms with Gasteiger partial charge < -0.3 is 10.1 Å². The molecule has 8 heteroatoms. The van der Waals surface area contributed by atoms with E-state index < -0.39 is 5.97 Å². The smallest absolute Gasteiger partial charge is 0.335 e. The molecule has 0 aliphatic rings. The summed E-state index contributed by atoms with van der Waals surface area (Å²) in [5.74, 6) is -0.466. The van der Waals surface area contributed by atoms with E-state index in [0.29, 0.717) is 22.1 Å². The third-order valence-electron chi connectivity index (χ3n) is 2.82. The van der Waals surface area contributed by atoms with E-state index in [0.717, 1.165) is 5.56 Å². The number of nitrogens with one attached hydrogen (secondary N) is 2. The number of thioether (sulfide) groups is 1. The minimum absolute atomic E-state index is 0.234. The summed E-state index contributed by atoms with van der Waals surface area (Å²) >= 11 is 1.31. The zero-order valence-electron chi connectivity index (χ0n) is 10.7. The lowest BCUT2D eigenvalue weighted by Gasteiger charge is -2.02. The minimum atomic E-state index is -0.966. The van der Waals surface area contributed by atoms with Crippen molar-refractivity contribution in [1.29, 1.82) is 0 Å². The van der Waals surface area contributed by atoms with E-state index in [1.807, 2.05) is 6.07 Å². The average Bonchev–Trinajstić information content (AvgIpc) is 2.94. The van der Waals surface area contributed by atoms with Crippen molar-refractivity contribution < 1.29 is 9.90 Å². The average molecular weight is 302 g/mol. The molecule has 0 unspecified atom stereocenters. The Morgan fingerprint density at radius 1 is 1.38 bits per heavy atom. The molecule has 2 aromatic heterocycles. The van der Waals surface area contributed by atoms with Crippen LogP contribution in [0, 0.1) is 0 Å². The summed E-state index contributed by atoms with van der Waals surface area (Å²) < 4.78 is 0. The van der Waals surface area contributed by atoms with Crippen LogP contribution in [-0.4, -0.2) is 31.0 Å². The van der Waals surface area contributed by atoms with Crippen molar-refractivity contribution in [2.75, 3.05) is 0 Å². The largest absolute Gasteiger partial charge is 0.478 e. The highest BCUT2D eigenvalue weighted by molar-refractivity contribution is 7.98. The van der Waals surface area contributed by atoms with Crippen LogP contribution in [0.1, 0.15) is 15.9 Å². The Morgan fingerprint density at radius 3 is 3.05 bits per heavy atom. The van der Waals surface area contributed by atoms with Crippen LogP contribution in [0.3, 0.4) is 0 Å². The molecule has 21 heavy (non-hydrogen) atoms. The number of aromatic nitrogens is 4. The lowest BCUT2D eigenvalue weighted by molar-refractivity contribution is 0.0697. The number of nitrogens with zero attached hydrogens (tertiary/aromatic N) is 2. The van der Waals surface area contributed by atoms with Gasteiger partial charge in [0, 0.05) is 5.75 Å². The fourth-order valence-corrected chi connectivity index (χ4v) is 2.64. The van der Waals surface area contributed by atoms with E-state index >= 15 is 0 Å². The quantitative estimate of drug-likeness (QED) is 0.499. The lowest BCUT2D eigenvalue weighted by Crippen LogP contribution is -2.09. The Kier molecular flexibility index (Phi) is 3.44. The second kappa shape index (κ2) is 5.41. The van der Waals surface area contributed by atoms with E-state index in [4.69, 9.17) is 5.11 Å². The number of hydrogen-bond donors (Lipinski definition) is 3. The first-order valence-electron chi connectivity index (χ1n) is 6.02. The van der Waals surface area contributed by atoms with Gasteiger partial charge in [0.25, 0.3) is 5.56 Å². The van der Waals surface area contributed by atoms with Crippen molar-refractivity contribution in [2.24, 2.45) is 0 Å². The predicted molar refractivity (Wildman–Crippen MR) is 77.5 cm³/mol. The van der Waals surface area contributed by atoms with Gasteiger partial charge in [-0.25, -0.2) is 14.8 Å². The highest BCUT2D eigenvalue weighted by atomic mass is 32.2. The van der Waals surface area contributed by atoms with Crippen molar-refractivity contribution in [1.82, 2.24) is 19.9 Å². The number of fused-ring (bicyclic) bond motifs is 1. The Bertz CT molecular complexity index is 871. The summed E-state index contributed by atoms with van der Waals surface area (Å²) in [6.07, 6.45) is 1.41. The molecule has 0 saturated heterocycles. The number of imidazole rings is 1. The van der Waals surface area contributed by atoms with Gasteiger partial charge in [0.2, 0.25) is 0 Å². The number of carbonyl (C=O) groups is 1. The number of aromatic amines is 2. The van der Waals surface area contributed by atoms with Gasteiger partial charge in [-0.3, -0.25) is 9.78 Å². The molecule has 0 amide bonds. The first kappa shape index (κ1) is 13.4. The molecule has 7 nitrogen and oxygen atoms in total. The molecule has 0 spiro atoms. The third-order valence-corrected chi connectivity index (χ3v) is 3.77. The molecule has 2 heterocycles. The minimum Gasteiger partial charge on any atom is -0.478 e. The second-order valence-corrected chi connectivity index (χ2v) is 5.23. The zero-order chi connectivity index (χ0) is 14.8. The topological polar surface area (TPSA) is 112 Å². The molecule has 1 aromatic carbocycles. The summed E-state index contributed by atoms with van der Waals surface area (Å²) in [5.41, 5.74) is 1.49. The fraction of sp³-hybridized carbons (Fsp3) is 0.0769. The number of benzene rings is 1. The SMILES string of the molecule is O=C(O)c1cccc(CSc2nc3nc[nH]c3c(=O)[nH]2)c1. The fourth-order valence-electron chi connectivity index (χ4n) is 1.84. The number of hydrogen-bond acceptors (Lipinski definition) is 5. The molecule has 3 aromatic rings. The van der Waals surface area contributed by atoms with Crippen LogP contribution >= 0.6 is 11.8 Å². The molecular formula is C13H10N4O3S. The summed E-state index contributed by atoms with van der Waals surface area (Å²) in [4.78, 5) is 36.2. The Balaban J connectivity index is 1.81. The summed E-state index contributed by atoms with van der Waals surface area (Å²) in [6.45, 7) is 0. The molecule has 0 radical (unpaired) electrons. The second-order valence-electron chi connectivity index (χ2n) is 4.27. The molecule has 0 bridgehead atoms. The molecule has 106 valence electrons. The van der Waals surface area contributed by atoms with Gasteiger partial charge in [0.15, 0.2) is 16.3 Å². The van der Waals surface area contributed by atoms with Crippen molar-refractivity contribution in [3.05, 3.63) is 52.1 Å². The van der Waals surface area contributed by atoms with Crippen LogP contribution in [-0.2, 0) is 5.75 Å². The maximum Gasteiger partial charge on any atom is 0.335 e. The van der Waals surface area contributed by atoms with Crippen LogP contribution in [0.2, 0.25) is 0 Å². The predicted octanol–water partition coefficient (Wildman–Crippen LogP) is 1.64. The number of carboxylic acids is 1. The monoisotopic (exact) mass is 302 g/mol.